The van der Waals surface area contributed by atoms with Crippen molar-refractivity contribution in [2.45, 2.75) is 38.5 Å². The Morgan fingerprint density at radius 2 is 1.46 bits per heavy atom. The molecule has 13 heavy (non-hydrogen) atoms. The normalized spacial score (nSPS) is 23.2. The lowest BCUT2D eigenvalue weighted by molar-refractivity contribution is -0.120. The summed E-state index contributed by atoms with van der Waals surface area (Å²) in [6.07, 6.45) is 6.30. The molecule has 0 radical (unpaired) electrons. The molecule has 1 aliphatic heterocycles. The quantitative estimate of drug-likeness (QED) is 0.579. The van der Waals surface area contributed by atoms with E-state index in [-0.39, 0.29) is 0 Å². The van der Waals surface area contributed by atoms with Gasteiger partial charge >= 0.3 is 0 Å². The van der Waals surface area contributed by atoms with Crippen LogP contribution in [0.25, 0.3) is 0 Å². The van der Waals surface area contributed by atoms with E-state index in [4.69, 9.17) is 9.47 Å². The van der Waals surface area contributed by atoms with Gasteiger partial charge in [-0.25, -0.2) is 0 Å². The standard InChI is InChI=1S/C6H10O.C4H8O2/c7-6-4-2-1-3-5-6;1-2-5-4-6-3-1/h1-5H2;1-4H2. The summed E-state index contributed by atoms with van der Waals surface area (Å²) in [4.78, 5) is 10.5. The van der Waals surface area contributed by atoms with Crippen LogP contribution in [0.2, 0.25) is 0 Å². The van der Waals surface area contributed by atoms with Gasteiger partial charge in [-0.15, -0.1) is 0 Å². The third-order valence-electron chi connectivity index (χ3n) is 2.16. The van der Waals surface area contributed by atoms with Gasteiger partial charge in [0.05, 0.1) is 13.2 Å². The van der Waals surface area contributed by atoms with E-state index in [9.17, 15) is 4.79 Å². The van der Waals surface area contributed by atoms with Crippen LogP contribution in [0, 0.1) is 0 Å². The zero-order chi connectivity index (χ0) is 9.36. The van der Waals surface area contributed by atoms with Gasteiger partial charge in [-0.2, -0.15) is 0 Å². The molecule has 1 saturated heterocycles. The number of hydrogen-bond donors (Lipinski definition) is 0. The molecule has 2 fully saturated rings. The molecule has 1 heterocycles. The van der Waals surface area contributed by atoms with E-state index in [0.29, 0.717) is 12.6 Å². The highest BCUT2D eigenvalue weighted by Crippen LogP contribution is 2.12. The van der Waals surface area contributed by atoms with Crippen LogP contribution in [0.15, 0.2) is 0 Å². The number of hydrogen-bond acceptors (Lipinski definition) is 3. The van der Waals surface area contributed by atoms with Crippen molar-refractivity contribution in [2.75, 3.05) is 20.0 Å². The van der Waals surface area contributed by atoms with E-state index in [1.807, 2.05) is 0 Å². The number of carbonyl (C=O) groups is 1. The number of Topliss-reactive ketones (excluding diaryl/α,β-unsaturated/α-hetero) is 1. The number of carbonyl (C=O) groups excluding carboxylic acids is 1. The van der Waals surface area contributed by atoms with Crippen LogP contribution in [0.3, 0.4) is 0 Å². The largest absolute Gasteiger partial charge is 0.355 e. The summed E-state index contributed by atoms with van der Waals surface area (Å²) in [7, 11) is 0. The van der Waals surface area contributed by atoms with Gasteiger partial charge in [0.25, 0.3) is 0 Å². The number of rotatable bonds is 0. The molecule has 0 bridgehead atoms. The lowest BCUT2D eigenvalue weighted by Crippen LogP contribution is -2.11. The van der Waals surface area contributed by atoms with Crippen LogP contribution in [0.4, 0.5) is 0 Å². The Morgan fingerprint density at radius 1 is 0.846 bits per heavy atom. The Hall–Kier alpha value is -0.410. The Balaban J connectivity index is 0.000000132. The molecule has 3 heteroatoms. The second-order valence-corrected chi connectivity index (χ2v) is 3.39. The first-order chi connectivity index (χ1) is 6.39. The lowest BCUT2D eigenvalue weighted by Gasteiger charge is -2.09. The average molecular weight is 186 g/mol. The van der Waals surface area contributed by atoms with Crippen molar-refractivity contribution < 1.29 is 14.3 Å². The second kappa shape index (κ2) is 7.04. The molecule has 0 spiro atoms. The summed E-state index contributed by atoms with van der Waals surface area (Å²) in [5, 5.41) is 0. The van der Waals surface area contributed by atoms with Gasteiger partial charge in [0.15, 0.2) is 0 Å². The third kappa shape index (κ3) is 5.77. The predicted octanol–water partition coefficient (Wildman–Crippen LogP) is 1.90. The van der Waals surface area contributed by atoms with Crippen LogP contribution in [-0.4, -0.2) is 25.8 Å². The molecular weight excluding hydrogens is 168 g/mol. The fourth-order valence-corrected chi connectivity index (χ4v) is 1.39. The van der Waals surface area contributed by atoms with E-state index in [1.54, 1.807) is 0 Å². The van der Waals surface area contributed by atoms with Crippen molar-refractivity contribution >= 4 is 5.78 Å². The Kier molecular flexibility index (Phi) is 5.78. The average Bonchev–Trinajstić information content (AvgIpc) is 2.22. The Labute approximate surface area is 79.4 Å². The third-order valence-corrected chi connectivity index (χ3v) is 2.16. The maximum absolute atomic E-state index is 10.5. The van der Waals surface area contributed by atoms with Gasteiger partial charge in [-0.05, 0) is 19.3 Å². The molecule has 2 rings (SSSR count). The van der Waals surface area contributed by atoms with Crippen molar-refractivity contribution in [2.24, 2.45) is 0 Å². The minimum absolute atomic E-state index is 0.464. The van der Waals surface area contributed by atoms with E-state index >= 15 is 0 Å². The monoisotopic (exact) mass is 186 g/mol. The van der Waals surface area contributed by atoms with Crippen LogP contribution in [-0.2, 0) is 14.3 Å². The summed E-state index contributed by atoms with van der Waals surface area (Å²) >= 11 is 0. The van der Waals surface area contributed by atoms with Crippen LogP contribution in [0.5, 0.6) is 0 Å². The van der Waals surface area contributed by atoms with Crippen molar-refractivity contribution in [3.8, 4) is 0 Å². The predicted molar refractivity (Wildman–Crippen MR) is 49.5 cm³/mol. The van der Waals surface area contributed by atoms with Gasteiger partial charge in [-0.1, -0.05) is 6.42 Å². The molecule has 0 aromatic rings. The molecule has 0 atom stereocenters. The van der Waals surface area contributed by atoms with Crippen molar-refractivity contribution in [3.63, 3.8) is 0 Å². The number of ketones is 1. The highest BCUT2D eigenvalue weighted by atomic mass is 16.7. The van der Waals surface area contributed by atoms with Crippen LogP contribution < -0.4 is 0 Å². The van der Waals surface area contributed by atoms with E-state index in [2.05, 4.69) is 0 Å². The van der Waals surface area contributed by atoms with Crippen molar-refractivity contribution in [3.05, 3.63) is 0 Å². The van der Waals surface area contributed by atoms with Crippen LogP contribution >= 0.6 is 0 Å². The topological polar surface area (TPSA) is 35.5 Å². The van der Waals surface area contributed by atoms with Gasteiger partial charge in [0, 0.05) is 12.8 Å². The summed E-state index contributed by atoms with van der Waals surface area (Å²) in [5.74, 6) is 0.464. The summed E-state index contributed by atoms with van der Waals surface area (Å²) < 4.78 is 9.69. The molecule has 0 N–H and O–H groups in total. The summed E-state index contributed by atoms with van der Waals surface area (Å²) in [6.45, 7) is 2.25. The first-order valence-electron chi connectivity index (χ1n) is 5.07. The summed E-state index contributed by atoms with van der Waals surface area (Å²) in [6, 6.07) is 0. The van der Waals surface area contributed by atoms with Gasteiger partial charge < -0.3 is 9.47 Å². The van der Waals surface area contributed by atoms with E-state index in [1.165, 1.54) is 6.42 Å². The summed E-state index contributed by atoms with van der Waals surface area (Å²) in [5.41, 5.74) is 0. The highest BCUT2D eigenvalue weighted by molar-refractivity contribution is 5.78. The highest BCUT2D eigenvalue weighted by Gasteiger charge is 2.05. The Bertz CT molecular complexity index is 122. The fraction of sp³-hybridized carbons (Fsp3) is 0.900. The maximum atomic E-state index is 10.5. The molecule has 0 aromatic carbocycles. The Morgan fingerprint density at radius 3 is 1.69 bits per heavy atom. The first kappa shape index (κ1) is 10.7. The molecule has 3 nitrogen and oxygen atoms in total. The zero-order valence-electron chi connectivity index (χ0n) is 8.09. The van der Waals surface area contributed by atoms with Crippen LogP contribution in [0.1, 0.15) is 38.5 Å². The van der Waals surface area contributed by atoms with Gasteiger partial charge in [-0.3, -0.25) is 4.79 Å². The molecule has 0 aromatic heterocycles. The fourth-order valence-electron chi connectivity index (χ4n) is 1.39. The minimum atomic E-state index is 0.464. The maximum Gasteiger partial charge on any atom is 0.146 e. The number of ether oxygens (including phenoxy) is 2. The molecular formula is C10H18O3. The van der Waals surface area contributed by atoms with Gasteiger partial charge in [0.1, 0.15) is 12.6 Å². The van der Waals surface area contributed by atoms with E-state index in [0.717, 1.165) is 45.3 Å². The smallest absolute Gasteiger partial charge is 0.146 e. The molecule has 2 aliphatic rings. The zero-order valence-corrected chi connectivity index (χ0v) is 8.09. The minimum Gasteiger partial charge on any atom is -0.355 e. The van der Waals surface area contributed by atoms with Crippen molar-refractivity contribution in [1.29, 1.82) is 0 Å². The second-order valence-electron chi connectivity index (χ2n) is 3.39. The SMILES string of the molecule is C1COCOC1.O=C1CCCCC1. The molecule has 0 amide bonds. The van der Waals surface area contributed by atoms with Gasteiger partial charge in [0.2, 0.25) is 0 Å². The first-order valence-corrected chi connectivity index (χ1v) is 5.07. The lowest BCUT2D eigenvalue weighted by atomic mass is 10.00. The molecule has 1 aliphatic carbocycles. The van der Waals surface area contributed by atoms with Crippen molar-refractivity contribution in [1.82, 2.24) is 0 Å². The molecule has 1 saturated carbocycles. The van der Waals surface area contributed by atoms with E-state index < -0.39 is 0 Å². The molecule has 76 valence electrons. The molecule has 0 unspecified atom stereocenters.